The fourth-order valence-electron chi connectivity index (χ4n) is 3.49. The van der Waals surface area contributed by atoms with Gasteiger partial charge in [-0.05, 0) is 29.7 Å². The summed E-state index contributed by atoms with van der Waals surface area (Å²) in [4.78, 5) is 29.9. The number of nitrogens with one attached hydrogen (secondary N) is 2. The SMILES string of the molecule is COc1cc(CCC(=O)NC(Cc2ccccc2)C(=O)NCc2cscn2)cc(OC)c1OC. The lowest BCUT2D eigenvalue weighted by atomic mass is 10.0. The van der Waals surface area contributed by atoms with Gasteiger partial charge in [-0.15, -0.1) is 11.3 Å². The fourth-order valence-corrected chi connectivity index (χ4v) is 4.05. The van der Waals surface area contributed by atoms with Gasteiger partial charge in [0.2, 0.25) is 17.6 Å². The first-order chi connectivity index (χ1) is 16.5. The van der Waals surface area contributed by atoms with E-state index in [0.29, 0.717) is 36.6 Å². The molecule has 0 aliphatic carbocycles. The number of ether oxygens (including phenoxy) is 3. The Morgan fingerprint density at radius 1 is 1.00 bits per heavy atom. The number of methoxy groups -OCH3 is 3. The zero-order valence-electron chi connectivity index (χ0n) is 19.5. The Hall–Kier alpha value is -3.59. The van der Waals surface area contributed by atoms with Crippen LogP contribution in [0.2, 0.25) is 0 Å². The molecule has 2 aromatic carbocycles. The van der Waals surface area contributed by atoms with Gasteiger partial charge in [0, 0.05) is 18.2 Å². The molecule has 2 amide bonds. The highest BCUT2D eigenvalue weighted by Crippen LogP contribution is 2.38. The van der Waals surface area contributed by atoms with E-state index in [-0.39, 0.29) is 18.2 Å². The van der Waals surface area contributed by atoms with Gasteiger partial charge in [0.1, 0.15) is 6.04 Å². The molecule has 8 nitrogen and oxygen atoms in total. The molecule has 180 valence electrons. The van der Waals surface area contributed by atoms with Crippen molar-refractivity contribution in [2.24, 2.45) is 0 Å². The zero-order chi connectivity index (χ0) is 24.3. The highest BCUT2D eigenvalue weighted by Gasteiger charge is 2.22. The number of carbonyl (C=O) groups excluding carboxylic acids is 2. The van der Waals surface area contributed by atoms with Gasteiger partial charge in [0.25, 0.3) is 0 Å². The van der Waals surface area contributed by atoms with E-state index < -0.39 is 6.04 Å². The van der Waals surface area contributed by atoms with Crippen molar-refractivity contribution in [2.45, 2.75) is 31.8 Å². The van der Waals surface area contributed by atoms with Crippen LogP contribution in [-0.2, 0) is 29.0 Å². The standard InChI is InChI=1S/C25H29N3O5S/c1-31-21-12-18(13-22(32-2)24(21)33-3)9-10-23(29)28-20(11-17-7-5-4-6-8-17)25(30)26-14-19-15-34-16-27-19/h4-8,12-13,15-16,20H,9-11,14H2,1-3H3,(H,26,30)(H,28,29). The van der Waals surface area contributed by atoms with Gasteiger partial charge >= 0.3 is 0 Å². The van der Waals surface area contributed by atoms with Crippen LogP contribution >= 0.6 is 11.3 Å². The Balaban J connectivity index is 1.65. The molecule has 0 radical (unpaired) electrons. The summed E-state index contributed by atoms with van der Waals surface area (Å²) in [6.07, 6.45) is 1.03. The van der Waals surface area contributed by atoms with Crippen molar-refractivity contribution in [3.63, 3.8) is 0 Å². The molecule has 0 bridgehead atoms. The molecule has 0 fully saturated rings. The summed E-state index contributed by atoms with van der Waals surface area (Å²) in [5.74, 6) is 1.08. The number of aromatic nitrogens is 1. The Morgan fingerprint density at radius 3 is 2.29 bits per heavy atom. The molecule has 0 aliphatic heterocycles. The maximum Gasteiger partial charge on any atom is 0.243 e. The van der Waals surface area contributed by atoms with Crippen LogP contribution < -0.4 is 24.8 Å². The van der Waals surface area contributed by atoms with E-state index >= 15 is 0 Å². The fraction of sp³-hybridized carbons (Fsp3) is 0.320. The number of hydrogen-bond acceptors (Lipinski definition) is 7. The molecule has 1 unspecified atom stereocenters. The van der Waals surface area contributed by atoms with Crippen LogP contribution in [0, 0.1) is 0 Å². The molecular weight excluding hydrogens is 454 g/mol. The van der Waals surface area contributed by atoms with Gasteiger partial charge < -0.3 is 24.8 Å². The summed E-state index contributed by atoms with van der Waals surface area (Å²) in [6.45, 7) is 0.314. The first-order valence-corrected chi connectivity index (χ1v) is 11.7. The highest BCUT2D eigenvalue weighted by atomic mass is 32.1. The average Bonchev–Trinajstić information content (AvgIpc) is 3.39. The lowest BCUT2D eigenvalue weighted by Crippen LogP contribution is -2.47. The van der Waals surface area contributed by atoms with Gasteiger partial charge in [-0.1, -0.05) is 30.3 Å². The first kappa shape index (κ1) is 25.0. The van der Waals surface area contributed by atoms with Crippen molar-refractivity contribution in [1.29, 1.82) is 0 Å². The summed E-state index contributed by atoms with van der Waals surface area (Å²) < 4.78 is 16.1. The van der Waals surface area contributed by atoms with Crippen molar-refractivity contribution < 1.29 is 23.8 Å². The van der Waals surface area contributed by atoms with Crippen molar-refractivity contribution in [1.82, 2.24) is 15.6 Å². The third kappa shape index (κ3) is 6.95. The molecule has 1 atom stereocenters. The smallest absolute Gasteiger partial charge is 0.243 e. The molecule has 2 N–H and O–H groups in total. The number of amides is 2. The molecule has 9 heteroatoms. The van der Waals surface area contributed by atoms with E-state index in [1.807, 2.05) is 47.8 Å². The van der Waals surface area contributed by atoms with Crippen LogP contribution in [-0.4, -0.2) is 44.2 Å². The topological polar surface area (TPSA) is 98.8 Å². The second-order valence-corrected chi connectivity index (χ2v) is 8.26. The summed E-state index contributed by atoms with van der Waals surface area (Å²) in [6, 6.07) is 12.5. The lowest BCUT2D eigenvalue weighted by Gasteiger charge is -2.19. The number of hydrogen-bond donors (Lipinski definition) is 2. The lowest BCUT2D eigenvalue weighted by molar-refractivity contribution is -0.129. The second-order valence-electron chi connectivity index (χ2n) is 7.54. The average molecular weight is 484 g/mol. The number of aryl methyl sites for hydroxylation is 1. The molecule has 3 aromatic rings. The number of benzene rings is 2. The van der Waals surface area contributed by atoms with E-state index in [1.165, 1.54) is 11.3 Å². The van der Waals surface area contributed by atoms with Crippen molar-refractivity contribution in [2.75, 3.05) is 21.3 Å². The van der Waals surface area contributed by atoms with E-state index in [1.54, 1.807) is 26.8 Å². The molecule has 34 heavy (non-hydrogen) atoms. The molecule has 0 spiro atoms. The van der Waals surface area contributed by atoms with Gasteiger partial charge in [-0.25, -0.2) is 4.98 Å². The maximum atomic E-state index is 12.9. The van der Waals surface area contributed by atoms with E-state index in [0.717, 1.165) is 16.8 Å². The molecular formula is C25H29N3O5S. The largest absolute Gasteiger partial charge is 0.493 e. The quantitative estimate of drug-likeness (QED) is 0.411. The Bertz CT molecular complexity index is 1050. The zero-order valence-corrected chi connectivity index (χ0v) is 20.3. The predicted octanol–water partition coefficient (Wildman–Crippen LogP) is 3.15. The van der Waals surface area contributed by atoms with Gasteiger partial charge in [-0.3, -0.25) is 9.59 Å². The summed E-state index contributed by atoms with van der Waals surface area (Å²) in [5.41, 5.74) is 4.32. The molecule has 0 aliphatic rings. The monoisotopic (exact) mass is 483 g/mol. The molecule has 0 saturated carbocycles. The number of rotatable bonds is 12. The number of nitrogens with zero attached hydrogens (tertiary/aromatic N) is 1. The van der Waals surface area contributed by atoms with Crippen LogP contribution in [0.4, 0.5) is 0 Å². The molecule has 0 saturated heterocycles. The van der Waals surface area contributed by atoms with Gasteiger partial charge in [-0.2, -0.15) is 0 Å². The Labute approximate surface area is 203 Å². The molecule has 3 rings (SSSR count). The van der Waals surface area contributed by atoms with Crippen molar-refractivity contribution in [3.05, 3.63) is 70.2 Å². The minimum atomic E-state index is -0.700. The summed E-state index contributed by atoms with van der Waals surface area (Å²) >= 11 is 1.47. The number of carbonyl (C=O) groups is 2. The van der Waals surface area contributed by atoms with E-state index in [2.05, 4.69) is 15.6 Å². The maximum absolute atomic E-state index is 12.9. The normalized spacial score (nSPS) is 11.4. The highest BCUT2D eigenvalue weighted by molar-refractivity contribution is 7.07. The van der Waals surface area contributed by atoms with Gasteiger partial charge in [0.15, 0.2) is 11.5 Å². The van der Waals surface area contributed by atoms with E-state index in [9.17, 15) is 9.59 Å². The second kappa shape index (κ2) is 12.6. The first-order valence-electron chi connectivity index (χ1n) is 10.8. The molecule has 1 heterocycles. The summed E-state index contributed by atoms with van der Waals surface area (Å²) in [5, 5.41) is 7.64. The predicted molar refractivity (Wildman–Crippen MR) is 130 cm³/mol. The van der Waals surface area contributed by atoms with Crippen LogP contribution in [0.5, 0.6) is 17.2 Å². The van der Waals surface area contributed by atoms with Crippen LogP contribution in [0.3, 0.4) is 0 Å². The van der Waals surface area contributed by atoms with Crippen LogP contribution in [0.15, 0.2) is 53.4 Å². The minimum absolute atomic E-state index is 0.198. The van der Waals surface area contributed by atoms with Gasteiger partial charge in [0.05, 0.1) is 39.1 Å². The van der Waals surface area contributed by atoms with E-state index in [4.69, 9.17) is 14.2 Å². The van der Waals surface area contributed by atoms with Crippen LogP contribution in [0.25, 0.3) is 0 Å². The third-order valence-electron chi connectivity index (χ3n) is 5.23. The molecule has 1 aromatic heterocycles. The van der Waals surface area contributed by atoms with Crippen molar-refractivity contribution in [3.8, 4) is 17.2 Å². The van der Waals surface area contributed by atoms with Crippen molar-refractivity contribution >= 4 is 23.2 Å². The number of thiazole rings is 1. The van der Waals surface area contributed by atoms with Crippen LogP contribution in [0.1, 0.15) is 23.2 Å². The Morgan fingerprint density at radius 2 is 1.71 bits per heavy atom. The Kier molecular flexibility index (Phi) is 9.28. The summed E-state index contributed by atoms with van der Waals surface area (Å²) in [7, 11) is 4.64. The minimum Gasteiger partial charge on any atom is -0.493 e. The third-order valence-corrected chi connectivity index (χ3v) is 5.86.